The van der Waals surface area contributed by atoms with Gasteiger partial charge in [-0.3, -0.25) is 4.79 Å². The fraction of sp³-hybridized carbons (Fsp3) is 0.529. The lowest BCUT2D eigenvalue weighted by atomic mass is 10.1. The second-order valence-corrected chi connectivity index (χ2v) is 5.60. The zero-order valence-corrected chi connectivity index (χ0v) is 14.6. The number of nitrogens with one attached hydrogen (secondary N) is 2. The lowest BCUT2D eigenvalue weighted by molar-refractivity contribution is -0.150. The van der Waals surface area contributed by atoms with Gasteiger partial charge in [-0.1, -0.05) is 19.1 Å². The third-order valence-corrected chi connectivity index (χ3v) is 3.73. The second-order valence-electron chi connectivity index (χ2n) is 5.60. The fourth-order valence-corrected chi connectivity index (χ4v) is 2.24. The van der Waals surface area contributed by atoms with Crippen LogP contribution in [0.3, 0.4) is 0 Å². The number of ether oxygens (including phenoxy) is 1. The van der Waals surface area contributed by atoms with E-state index in [1.807, 2.05) is 0 Å². The van der Waals surface area contributed by atoms with Gasteiger partial charge in [-0.05, 0) is 37.1 Å². The van der Waals surface area contributed by atoms with Gasteiger partial charge in [0, 0.05) is 12.1 Å². The zero-order chi connectivity index (χ0) is 18.8. The number of anilines is 1. The molecule has 0 radical (unpaired) electrons. The number of benzene rings is 1. The van der Waals surface area contributed by atoms with Crippen LogP contribution in [0.1, 0.15) is 37.9 Å². The third-order valence-electron chi connectivity index (χ3n) is 3.73. The minimum Gasteiger partial charge on any atom is -0.467 e. The number of hydrogen-bond donors (Lipinski definition) is 5. The molecule has 0 aliphatic carbocycles. The van der Waals surface area contributed by atoms with Gasteiger partial charge in [0.1, 0.15) is 6.23 Å². The van der Waals surface area contributed by atoms with Crippen molar-refractivity contribution in [2.75, 3.05) is 19.0 Å². The molecule has 3 atom stereocenters. The Kier molecular flexibility index (Phi) is 8.90. The van der Waals surface area contributed by atoms with Crippen LogP contribution in [0.4, 0.5) is 5.69 Å². The van der Waals surface area contributed by atoms with Gasteiger partial charge in [0.2, 0.25) is 5.91 Å². The van der Waals surface area contributed by atoms with E-state index in [4.69, 9.17) is 5.73 Å². The van der Waals surface area contributed by atoms with E-state index in [0.29, 0.717) is 37.1 Å². The molecule has 25 heavy (non-hydrogen) atoms. The summed E-state index contributed by atoms with van der Waals surface area (Å²) in [7, 11) is 1.20. The molecule has 1 rings (SSSR count). The molecule has 1 aromatic rings. The number of nitrogens with two attached hydrogens (primary N) is 1. The standard InChI is InChI=1S/C17H27N3O5/c1-3-14(21)20-13(5-4-10-18)16(23)19-12-8-6-11(7-9-12)15(22)17(24)25-2/h6-9,13,15-16,19,22-23H,3-5,10,18H2,1-2H3,(H,20,21)/t13-,15?,16?/m0/s1. The van der Waals surface area contributed by atoms with E-state index in [0.717, 1.165) is 0 Å². The molecule has 0 saturated carbocycles. The Morgan fingerprint density at radius 1 is 1.24 bits per heavy atom. The molecule has 2 unspecified atom stereocenters. The van der Waals surface area contributed by atoms with Crippen molar-refractivity contribution in [3.8, 4) is 0 Å². The van der Waals surface area contributed by atoms with Crippen LogP contribution in [0.25, 0.3) is 0 Å². The SMILES string of the molecule is CCC(=O)N[C@@H](CCCN)C(O)Nc1ccc(C(O)C(=O)OC)cc1. The molecule has 0 bridgehead atoms. The molecule has 1 amide bonds. The van der Waals surface area contributed by atoms with E-state index in [-0.39, 0.29) is 5.91 Å². The highest BCUT2D eigenvalue weighted by molar-refractivity contribution is 5.76. The first-order valence-electron chi connectivity index (χ1n) is 8.22. The maximum Gasteiger partial charge on any atom is 0.339 e. The lowest BCUT2D eigenvalue weighted by Gasteiger charge is -2.25. The number of rotatable bonds is 10. The van der Waals surface area contributed by atoms with E-state index in [1.54, 1.807) is 31.2 Å². The van der Waals surface area contributed by atoms with Crippen LogP contribution >= 0.6 is 0 Å². The summed E-state index contributed by atoms with van der Waals surface area (Å²) < 4.78 is 4.48. The average molecular weight is 353 g/mol. The van der Waals surface area contributed by atoms with E-state index in [2.05, 4.69) is 15.4 Å². The minimum atomic E-state index is -1.36. The normalized spacial score (nSPS) is 14.3. The average Bonchev–Trinajstić information content (AvgIpc) is 2.63. The number of carbonyl (C=O) groups is 2. The fourth-order valence-electron chi connectivity index (χ4n) is 2.24. The smallest absolute Gasteiger partial charge is 0.339 e. The number of methoxy groups -OCH3 is 1. The van der Waals surface area contributed by atoms with Crippen molar-refractivity contribution in [3.63, 3.8) is 0 Å². The van der Waals surface area contributed by atoms with E-state index < -0.39 is 24.3 Å². The topological polar surface area (TPSA) is 134 Å². The maximum atomic E-state index is 11.6. The van der Waals surface area contributed by atoms with Crippen LogP contribution in [-0.4, -0.2) is 48.0 Å². The summed E-state index contributed by atoms with van der Waals surface area (Å²) in [5, 5.41) is 25.8. The third kappa shape index (κ3) is 6.69. The lowest BCUT2D eigenvalue weighted by Crippen LogP contribution is -2.46. The van der Waals surface area contributed by atoms with Crippen LogP contribution in [0.15, 0.2) is 24.3 Å². The largest absolute Gasteiger partial charge is 0.467 e. The number of esters is 1. The summed E-state index contributed by atoms with van der Waals surface area (Å²) in [5.74, 6) is -0.899. The molecule has 0 heterocycles. The molecular formula is C17H27N3O5. The molecule has 6 N–H and O–H groups in total. The van der Waals surface area contributed by atoms with E-state index >= 15 is 0 Å². The molecule has 8 nitrogen and oxygen atoms in total. The van der Waals surface area contributed by atoms with Gasteiger partial charge in [0.05, 0.1) is 13.2 Å². The highest BCUT2D eigenvalue weighted by Gasteiger charge is 2.21. The summed E-state index contributed by atoms with van der Waals surface area (Å²) in [5.41, 5.74) is 6.46. The first kappa shape index (κ1) is 20.9. The van der Waals surface area contributed by atoms with Crippen LogP contribution in [-0.2, 0) is 14.3 Å². The minimum absolute atomic E-state index is 0.153. The molecule has 140 valence electrons. The molecule has 0 aliphatic rings. The molecule has 0 spiro atoms. The molecule has 0 fully saturated rings. The van der Waals surface area contributed by atoms with E-state index in [9.17, 15) is 19.8 Å². The predicted octanol–water partition coefficient (Wildman–Crippen LogP) is 0.257. The molecule has 8 heteroatoms. The van der Waals surface area contributed by atoms with Crippen molar-refractivity contribution in [1.29, 1.82) is 0 Å². The summed E-state index contributed by atoms with van der Waals surface area (Å²) in [6, 6.07) is 5.86. The Morgan fingerprint density at radius 2 is 1.88 bits per heavy atom. The Bertz CT molecular complexity index is 550. The molecule has 0 saturated heterocycles. The van der Waals surface area contributed by atoms with Crippen molar-refractivity contribution in [3.05, 3.63) is 29.8 Å². The van der Waals surface area contributed by atoms with Crippen LogP contribution in [0.2, 0.25) is 0 Å². The van der Waals surface area contributed by atoms with Gasteiger partial charge in [-0.2, -0.15) is 0 Å². The summed E-state index contributed by atoms with van der Waals surface area (Å²) in [6.45, 7) is 2.20. The Hall–Kier alpha value is -2.16. The van der Waals surface area contributed by atoms with Gasteiger partial charge in [0.15, 0.2) is 6.10 Å². The van der Waals surface area contributed by atoms with Crippen molar-refractivity contribution in [2.24, 2.45) is 5.73 Å². The first-order chi connectivity index (χ1) is 11.9. The summed E-state index contributed by atoms with van der Waals surface area (Å²) in [4.78, 5) is 22.9. The van der Waals surface area contributed by atoms with Crippen LogP contribution in [0, 0.1) is 0 Å². The van der Waals surface area contributed by atoms with Crippen molar-refractivity contribution in [2.45, 2.75) is 44.6 Å². The second kappa shape index (κ2) is 10.7. The zero-order valence-electron chi connectivity index (χ0n) is 14.6. The van der Waals surface area contributed by atoms with E-state index in [1.165, 1.54) is 7.11 Å². The summed E-state index contributed by atoms with van der Waals surface area (Å²) in [6.07, 6.45) is -0.831. The van der Waals surface area contributed by atoms with Crippen molar-refractivity contribution in [1.82, 2.24) is 5.32 Å². The number of amides is 1. The Morgan fingerprint density at radius 3 is 2.40 bits per heavy atom. The number of hydrogen-bond acceptors (Lipinski definition) is 7. The van der Waals surface area contributed by atoms with Crippen LogP contribution in [0.5, 0.6) is 0 Å². The van der Waals surface area contributed by atoms with Gasteiger partial charge in [-0.25, -0.2) is 4.79 Å². The van der Waals surface area contributed by atoms with Crippen LogP contribution < -0.4 is 16.4 Å². The molecule has 0 aliphatic heterocycles. The number of aliphatic hydroxyl groups excluding tert-OH is 2. The van der Waals surface area contributed by atoms with Gasteiger partial charge in [0.25, 0.3) is 0 Å². The molecule has 1 aromatic carbocycles. The number of aliphatic hydroxyl groups is 2. The van der Waals surface area contributed by atoms with Gasteiger partial charge in [-0.15, -0.1) is 0 Å². The highest BCUT2D eigenvalue weighted by atomic mass is 16.5. The molecular weight excluding hydrogens is 326 g/mol. The predicted molar refractivity (Wildman–Crippen MR) is 93.6 cm³/mol. The monoisotopic (exact) mass is 353 g/mol. The maximum absolute atomic E-state index is 11.6. The van der Waals surface area contributed by atoms with Crippen molar-refractivity contribution >= 4 is 17.6 Å². The van der Waals surface area contributed by atoms with Crippen molar-refractivity contribution < 1.29 is 24.5 Å². The first-order valence-corrected chi connectivity index (χ1v) is 8.22. The Balaban J connectivity index is 2.73. The number of carbonyl (C=O) groups excluding carboxylic acids is 2. The Labute approximate surface area is 147 Å². The molecule has 0 aromatic heterocycles. The highest BCUT2D eigenvalue weighted by Crippen LogP contribution is 2.18. The summed E-state index contributed by atoms with van der Waals surface area (Å²) >= 11 is 0. The van der Waals surface area contributed by atoms with Gasteiger partial charge < -0.3 is 31.3 Å². The quantitative estimate of drug-likeness (QED) is 0.301. The van der Waals surface area contributed by atoms with Gasteiger partial charge >= 0.3 is 5.97 Å².